The molecule has 12 nitrogen and oxygen atoms in total. The van der Waals surface area contributed by atoms with E-state index in [1.54, 1.807) is 4.90 Å². The molecule has 0 radical (unpaired) electrons. The predicted molar refractivity (Wildman–Crippen MR) is 190 cm³/mol. The first kappa shape index (κ1) is 33.0. The summed E-state index contributed by atoms with van der Waals surface area (Å²) in [5, 5.41) is 6.27. The van der Waals surface area contributed by atoms with E-state index in [0.717, 1.165) is 71.8 Å². The van der Waals surface area contributed by atoms with Gasteiger partial charge in [-0.3, -0.25) is 14.6 Å². The largest absolute Gasteiger partial charge is 0.453 e. The van der Waals surface area contributed by atoms with Crippen LogP contribution in [0.15, 0.2) is 90.1 Å². The van der Waals surface area contributed by atoms with Crippen molar-refractivity contribution in [2.45, 2.75) is 49.9 Å². The van der Waals surface area contributed by atoms with E-state index >= 15 is 0 Å². The quantitative estimate of drug-likeness (QED) is 0.204. The highest BCUT2D eigenvalue weighted by Crippen LogP contribution is 2.34. The molecule has 4 atom stereocenters. The van der Waals surface area contributed by atoms with Gasteiger partial charge in [-0.15, -0.1) is 0 Å². The van der Waals surface area contributed by atoms with Gasteiger partial charge in [0.05, 0.1) is 50.2 Å². The normalized spacial score (nSPS) is 20.7. The van der Waals surface area contributed by atoms with E-state index in [1.165, 1.54) is 7.11 Å². The molecular weight excluding hydrogens is 632 g/mol. The summed E-state index contributed by atoms with van der Waals surface area (Å²) in [6.45, 7) is 1.96. The number of hydrogen-bond acceptors (Lipinski definition) is 8. The van der Waals surface area contributed by atoms with Gasteiger partial charge in [0.2, 0.25) is 5.91 Å². The molecular formula is C38H42N8O4. The summed E-state index contributed by atoms with van der Waals surface area (Å²) < 4.78 is 4.81. The number of alkyl carbamates (subject to hydrolysis) is 1. The fourth-order valence-electron chi connectivity index (χ4n) is 7.31. The Labute approximate surface area is 291 Å². The van der Waals surface area contributed by atoms with E-state index in [9.17, 15) is 14.4 Å². The molecule has 4 aromatic rings. The first-order valence-corrected chi connectivity index (χ1v) is 17.2. The molecule has 2 saturated heterocycles. The standard InChI is InChI=1S/C38H42N8O4/c1-50-38(49)44-34(28-7-3-2-4-8-28)37(48)46-20-6-10-32(46)36-41-23-30(43-36)27-17-13-25(14-18-27)24-11-15-26(16-12-24)29-22-40-35(42-29)31-9-5-19-45(31)33(47)21-39/h2-4,7-8,11-18,23,29,31-32,34H,5-6,9-10,19-22,39H2,1H3,(H,40,42)(H,41,43)(H,44,49)/t29?,31-,32-,34+/m0/s1. The monoisotopic (exact) mass is 674 g/mol. The molecule has 50 heavy (non-hydrogen) atoms. The Hall–Kier alpha value is -5.49. The van der Waals surface area contributed by atoms with Gasteiger partial charge >= 0.3 is 6.09 Å². The molecule has 0 bridgehead atoms. The highest BCUT2D eigenvalue weighted by Gasteiger charge is 2.37. The summed E-state index contributed by atoms with van der Waals surface area (Å²) in [5.41, 5.74) is 11.5. The molecule has 0 aliphatic carbocycles. The van der Waals surface area contributed by atoms with Crippen LogP contribution in [0.4, 0.5) is 4.79 Å². The third kappa shape index (κ3) is 6.71. The zero-order valence-electron chi connectivity index (χ0n) is 28.0. The van der Waals surface area contributed by atoms with Gasteiger partial charge in [-0.05, 0) is 53.5 Å². The molecule has 3 aromatic carbocycles. The van der Waals surface area contributed by atoms with Gasteiger partial charge in [0, 0.05) is 13.1 Å². The molecule has 4 heterocycles. The van der Waals surface area contributed by atoms with Crippen molar-refractivity contribution < 1.29 is 19.1 Å². The van der Waals surface area contributed by atoms with Crippen molar-refractivity contribution in [1.82, 2.24) is 30.4 Å². The minimum absolute atomic E-state index is 0.0123. The second-order valence-electron chi connectivity index (χ2n) is 12.9. The maximum absolute atomic E-state index is 13.8. The first-order chi connectivity index (χ1) is 24.4. The number of methoxy groups -OCH3 is 1. The van der Waals surface area contributed by atoms with E-state index in [1.807, 2.05) is 41.4 Å². The van der Waals surface area contributed by atoms with Gasteiger partial charge in [-0.25, -0.2) is 9.78 Å². The van der Waals surface area contributed by atoms with Crippen molar-refractivity contribution in [2.75, 3.05) is 33.3 Å². The molecule has 7 rings (SSSR count). The van der Waals surface area contributed by atoms with Crippen LogP contribution in [0.2, 0.25) is 0 Å². The number of nitrogens with zero attached hydrogens (tertiary/aromatic N) is 4. The lowest BCUT2D eigenvalue weighted by Gasteiger charge is -2.28. The van der Waals surface area contributed by atoms with E-state index in [-0.39, 0.29) is 36.5 Å². The minimum Gasteiger partial charge on any atom is -0.453 e. The SMILES string of the molecule is COC(=O)N[C@@H](C(=O)N1CCC[C@H]1c1ncc(-c2ccc(-c3ccc(C4CN=C([C@@H]5CCCN5C(=O)CN)N4)cc3)cc2)[nH]1)c1ccccc1. The number of nitrogens with two attached hydrogens (primary N) is 1. The van der Waals surface area contributed by atoms with Crippen molar-refractivity contribution >= 4 is 23.7 Å². The number of hydrogen-bond donors (Lipinski definition) is 4. The highest BCUT2D eigenvalue weighted by atomic mass is 16.5. The lowest BCUT2D eigenvalue weighted by molar-refractivity contribution is -0.134. The average molecular weight is 675 g/mol. The third-order valence-electron chi connectivity index (χ3n) is 9.95. The Kier molecular flexibility index (Phi) is 9.61. The van der Waals surface area contributed by atoms with Crippen molar-refractivity contribution in [3.63, 3.8) is 0 Å². The van der Waals surface area contributed by atoms with Gasteiger partial charge < -0.3 is 35.9 Å². The number of nitrogens with one attached hydrogen (secondary N) is 3. The second kappa shape index (κ2) is 14.6. The van der Waals surface area contributed by atoms with Crippen LogP contribution in [0.5, 0.6) is 0 Å². The molecule has 1 aromatic heterocycles. The molecule has 5 N–H and O–H groups in total. The van der Waals surface area contributed by atoms with Crippen molar-refractivity contribution in [2.24, 2.45) is 10.7 Å². The molecule has 1 unspecified atom stereocenters. The third-order valence-corrected chi connectivity index (χ3v) is 9.95. The Morgan fingerprint density at radius 2 is 1.56 bits per heavy atom. The number of ether oxygens (including phenoxy) is 1. The summed E-state index contributed by atoms with van der Waals surface area (Å²) in [4.78, 5) is 54.8. The molecule has 2 fully saturated rings. The van der Waals surface area contributed by atoms with E-state index in [0.29, 0.717) is 18.7 Å². The number of carbonyl (C=O) groups is 3. The molecule has 3 amide bonds. The van der Waals surface area contributed by atoms with Crippen molar-refractivity contribution in [3.8, 4) is 22.4 Å². The number of benzene rings is 3. The number of rotatable bonds is 9. The van der Waals surface area contributed by atoms with Crippen LogP contribution in [0, 0.1) is 0 Å². The van der Waals surface area contributed by atoms with Crippen molar-refractivity contribution in [1.29, 1.82) is 0 Å². The van der Waals surface area contributed by atoms with Gasteiger partial charge in [-0.2, -0.15) is 0 Å². The Morgan fingerprint density at radius 3 is 2.26 bits per heavy atom. The Morgan fingerprint density at radius 1 is 0.900 bits per heavy atom. The molecule has 12 heteroatoms. The number of aromatic nitrogens is 2. The number of carbonyl (C=O) groups excluding carboxylic acids is 3. The maximum atomic E-state index is 13.8. The minimum atomic E-state index is -0.864. The number of likely N-dealkylation sites (tertiary alicyclic amines) is 2. The fraction of sp³-hybridized carbons (Fsp3) is 0.342. The molecule has 0 spiro atoms. The number of amides is 3. The van der Waals surface area contributed by atoms with Crippen LogP contribution >= 0.6 is 0 Å². The van der Waals surface area contributed by atoms with Crippen LogP contribution in [-0.2, 0) is 14.3 Å². The fourth-order valence-corrected chi connectivity index (χ4v) is 7.31. The van der Waals surface area contributed by atoms with Gasteiger partial charge in [0.15, 0.2) is 0 Å². The van der Waals surface area contributed by atoms with Crippen LogP contribution in [0.3, 0.4) is 0 Å². The molecule has 258 valence electrons. The van der Waals surface area contributed by atoms with E-state index in [2.05, 4.69) is 64.1 Å². The number of aliphatic imine (C=N–C) groups is 1. The summed E-state index contributed by atoms with van der Waals surface area (Å²) in [7, 11) is 1.29. The van der Waals surface area contributed by atoms with Gasteiger partial charge in [0.1, 0.15) is 17.7 Å². The zero-order chi connectivity index (χ0) is 34.6. The van der Waals surface area contributed by atoms with Crippen molar-refractivity contribution in [3.05, 3.63) is 102 Å². The second-order valence-corrected chi connectivity index (χ2v) is 12.9. The van der Waals surface area contributed by atoms with E-state index < -0.39 is 12.1 Å². The van der Waals surface area contributed by atoms with Crippen LogP contribution in [-0.4, -0.2) is 82.8 Å². The van der Waals surface area contributed by atoms with Crippen LogP contribution < -0.4 is 16.4 Å². The van der Waals surface area contributed by atoms with E-state index in [4.69, 9.17) is 20.4 Å². The van der Waals surface area contributed by atoms with Gasteiger partial charge in [0.25, 0.3) is 5.91 Å². The molecule has 3 aliphatic rings. The lowest BCUT2D eigenvalue weighted by atomic mass is 9.99. The predicted octanol–water partition coefficient (Wildman–Crippen LogP) is 4.50. The summed E-state index contributed by atoms with van der Waals surface area (Å²) in [5.74, 6) is 1.37. The molecule has 3 aliphatic heterocycles. The highest BCUT2D eigenvalue weighted by molar-refractivity contribution is 5.93. The maximum Gasteiger partial charge on any atom is 0.407 e. The number of H-pyrrole nitrogens is 1. The number of amidine groups is 1. The van der Waals surface area contributed by atoms with Crippen LogP contribution in [0.25, 0.3) is 22.4 Å². The zero-order valence-corrected chi connectivity index (χ0v) is 28.0. The Bertz CT molecular complexity index is 1860. The first-order valence-electron chi connectivity index (χ1n) is 17.2. The summed E-state index contributed by atoms with van der Waals surface area (Å²) in [6.07, 6.45) is 4.62. The van der Waals surface area contributed by atoms with Crippen LogP contribution in [0.1, 0.15) is 60.8 Å². The average Bonchev–Trinajstić information content (AvgIpc) is 4.00. The topological polar surface area (TPSA) is 158 Å². The Balaban J connectivity index is 0.999. The van der Waals surface area contributed by atoms with Gasteiger partial charge in [-0.1, -0.05) is 78.9 Å². The number of aromatic amines is 1. The summed E-state index contributed by atoms with van der Waals surface area (Å²) in [6, 6.07) is 25.0. The lowest BCUT2D eigenvalue weighted by Crippen LogP contribution is -2.46. The molecule has 0 saturated carbocycles. The summed E-state index contributed by atoms with van der Waals surface area (Å²) >= 11 is 0. The smallest absolute Gasteiger partial charge is 0.407 e. The number of imidazole rings is 1.